The molecule has 3 aromatic rings. The molecule has 5 heteroatoms. The van der Waals surface area contributed by atoms with Crippen molar-refractivity contribution < 1.29 is 4.39 Å². The van der Waals surface area contributed by atoms with Crippen molar-refractivity contribution in [2.24, 2.45) is 0 Å². The van der Waals surface area contributed by atoms with Crippen LogP contribution in [0.5, 0.6) is 0 Å². The van der Waals surface area contributed by atoms with Crippen molar-refractivity contribution in [3.05, 3.63) is 58.3 Å². The first-order valence-electron chi connectivity index (χ1n) is 6.44. The molecule has 0 aliphatic rings. The first-order chi connectivity index (χ1) is 10.1. The van der Waals surface area contributed by atoms with Crippen LogP contribution >= 0.6 is 15.9 Å². The van der Waals surface area contributed by atoms with Crippen LogP contribution in [0, 0.1) is 12.7 Å². The van der Waals surface area contributed by atoms with Gasteiger partial charge in [-0.2, -0.15) is 5.10 Å². The van der Waals surface area contributed by atoms with E-state index in [1.165, 1.54) is 6.07 Å². The molecule has 0 spiro atoms. The van der Waals surface area contributed by atoms with E-state index in [0.717, 1.165) is 15.6 Å². The monoisotopic (exact) mass is 345 g/mol. The minimum Gasteiger partial charge on any atom is -0.382 e. The Labute approximate surface area is 130 Å². The summed E-state index contributed by atoms with van der Waals surface area (Å²) in [5.74, 6) is -0.0425. The molecule has 3 rings (SSSR count). The predicted octanol–water partition coefficient (Wildman–Crippen LogP) is 4.54. The van der Waals surface area contributed by atoms with Crippen LogP contribution in [-0.4, -0.2) is 10.2 Å². The van der Waals surface area contributed by atoms with E-state index in [-0.39, 0.29) is 11.6 Å². The van der Waals surface area contributed by atoms with E-state index in [0.29, 0.717) is 16.8 Å². The van der Waals surface area contributed by atoms with Crippen LogP contribution in [0.3, 0.4) is 0 Å². The Morgan fingerprint density at radius 1 is 1.10 bits per heavy atom. The standard InChI is InChI=1S/C16H13BrFN3/c1-9-5-4-7-11(14(9)17)15-13(16(19)21-20-15)10-6-2-3-8-12(10)18/h2-8H,1H3,(H3,19,20,21). The number of benzene rings is 2. The third-order valence-electron chi connectivity index (χ3n) is 3.40. The summed E-state index contributed by atoms with van der Waals surface area (Å²) in [6, 6.07) is 12.4. The number of aromatic amines is 1. The lowest BCUT2D eigenvalue weighted by atomic mass is 9.99. The number of halogens is 2. The molecule has 0 unspecified atom stereocenters. The third kappa shape index (κ3) is 2.34. The molecule has 0 saturated carbocycles. The van der Waals surface area contributed by atoms with Crippen LogP contribution < -0.4 is 5.73 Å². The molecule has 0 aliphatic heterocycles. The molecule has 0 bridgehead atoms. The largest absolute Gasteiger partial charge is 0.382 e. The van der Waals surface area contributed by atoms with E-state index in [4.69, 9.17) is 5.73 Å². The quantitative estimate of drug-likeness (QED) is 0.716. The van der Waals surface area contributed by atoms with Crippen molar-refractivity contribution in [3.63, 3.8) is 0 Å². The van der Waals surface area contributed by atoms with E-state index in [9.17, 15) is 4.39 Å². The van der Waals surface area contributed by atoms with Crippen LogP contribution in [0.25, 0.3) is 22.4 Å². The summed E-state index contributed by atoms with van der Waals surface area (Å²) in [6.45, 7) is 2.00. The molecule has 21 heavy (non-hydrogen) atoms. The lowest BCUT2D eigenvalue weighted by Crippen LogP contribution is -1.92. The first kappa shape index (κ1) is 13.8. The fraction of sp³-hybridized carbons (Fsp3) is 0.0625. The minimum absolute atomic E-state index is 0.281. The summed E-state index contributed by atoms with van der Waals surface area (Å²) in [5, 5.41) is 6.96. The number of nitrogens with zero attached hydrogens (tertiary/aromatic N) is 1. The van der Waals surface area contributed by atoms with Gasteiger partial charge >= 0.3 is 0 Å². The summed E-state index contributed by atoms with van der Waals surface area (Å²) >= 11 is 3.57. The van der Waals surface area contributed by atoms with E-state index in [1.807, 2.05) is 25.1 Å². The van der Waals surface area contributed by atoms with E-state index < -0.39 is 0 Å². The first-order valence-corrected chi connectivity index (χ1v) is 7.23. The van der Waals surface area contributed by atoms with Gasteiger partial charge in [0.15, 0.2) is 5.82 Å². The van der Waals surface area contributed by atoms with E-state index in [2.05, 4.69) is 26.1 Å². The Balaban J connectivity index is 2.28. The number of aromatic nitrogens is 2. The lowest BCUT2D eigenvalue weighted by molar-refractivity contribution is 0.631. The Hall–Kier alpha value is -2.14. The van der Waals surface area contributed by atoms with Crippen molar-refractivity contribution in [2.75, 3.05) is 5.73 Å². The lowest BCUT2D eigenvalue weighted by Gasteiger charge is -2.09. The number of nitrogen functional groups attached to an aromatic ring is 1. The maximum absolute atomic E-state index is 14.1. The van der Waals surface area contributed by atoms with Crippen molar-refractivity contribution in [2.45, 2.75) is 6.92 Å². The van der Waals surface area contributed by atoms with Gasteiger partial charge in [-0.05, 0) is 34.5 Å². The van der Waals surface area contributed by atoms with Crippen molar-refractivity contribution in [3.8, 4) is 22.4 Å². The summed E-state index contributed by atoms with van der Waals surface area (Å²) in [7, 11) is 0. The Morgan fingerprint density at radius 2 is 1.81 bits per heavy atom. The van der Waals surface area contributed by atoms with Crippen LogP contribution in [0.4, 0.5) is 10.2 Å². The molecule has 0 aliphatic carbocycles. The van der Waals surface area contributed by atoms with Gasteiger partial charge in [-0.3, -0.25) is 5.10 Å². The number of nitrogens with two attached hydrogens (primary N) is 1. The smallest absolute Gasteiger partial charge is 0.153 e. The molecule has 0 fully saturated rings. The fourth-order valence-electron chi connectivity index (χ4n) is 2.33. The summed E-state index contributed by atoms with van der Waals surface area (Å²) in [5.41, 5.74) is 9.65. The highest BCUT2D eigenvalue weighted by atomic mass is 79.9. The molecular weight excluding hydrogens is 333 g/mol. The molecule has 106 valence electrons. The molecule has 0 saturated heterocycles. The van der Waals surface area contributed by atoms with Gasteiger partial charge in [0.05, 0.1) is 11.3 Å². The van der Waals surface area contributed by atoms with Crippen molar-refractivity contribution in [1.82, 2.24) is 10.2 Å². The number of hydrogen-bond donors (Lipinski definition) is 2. The molecule has 2 aromatic carbocycles. The highest BCUT2D eigenvalue weighted by molar-refractivity contribution is 9.10. The van der Waals surface area contributed by atoms with Crippen molar-refractivity contribution in [1.29, 1.82) is 0 Å². The Kier molecular flexibility index (Phi) is 3.51. The highest BCUT2D eigenvalue weighted by Gasteiger charge is 2.19. The van der Waals surface area contributed by atoms with Gasteiger partial charge in [0.25, 0.3) is 0 Å². The topological polar surface area (TPSA) is 54.7 Å². The van der Waals surface area contributed by atoms with Gasteiger partial charge in [0, 0.05) is 15.6 Å². The molecular formula is C16H13BrFN3. The van der Waals surface area contributed by atoms with Gasteiger partial charge in [-0.25, -0.2) is 4.39 Å². The average Bonchev–Trinajstić information content (AvgIpc) is 2.84. The molecule has 1 heterocycles. The average molecular weight is 346 g/mol. The van der Waals surface area contributed by atoms with Gasteiger partial charge in [0.1, 0.15) is 5.82 Å². The molecule has 3 nitrogen and oxygen atoms in total. The third-order valence-corrected chi connectivity index (χ3v) is 4.45. The number of anilines is 1. The normalized spacial score (nSPS) is 10.8. The predicted molar refractivity (Wildman–Crippen MR) is 86.3 cm³/mol. The zero-order valence-corrected chi connectivity index (χ0v) is 12.9. The van der Waals surface area contributed by atoms with Gasteiger partial charge < -0.3 is 5.73 Å². The highest BCUT2D eigenvalue weighted by Crippen LogP contribution is 2.39. The maximum atomic E-state index is 14.1. The van der Waals surface area contributed by atoms with E-state index >= 15 is 0 Å². The zero-order chi connectivity index (χ0) is 15.0. The molecule has 0 amide bonds. The second kappa shape index (κ2) is 5.33. The maximum Gasteiger partial charge on any atom is 0.153 e. The minimum atomic E-state index is -0.323. The molecule has 3 N–H and O–H groups in total. The number of hydrogen-bond acceptors (Lipinski definition) is 2. The number of nitrogens with one attached hydrogen (secondary N) is 1. The second-order valence-electron chi connectivity index (χ2n) is 4.78. The fourth-order valence-corrected chi connectivity index (χ4v) is 2.79. The van der Waals surface area contributed by atoms with Gasteiger partial charge in [-0.1, -0.05) is 36.4 Å². The summed E-state index contributed by atoms with van der Waals surface area (Å²) in [6.07, 6.45) is 0. The number of aryl methyl sites for hydroxylation is 1. The number of rotatable bonds is 2. The van der Waals surface area contributed by atoms with Gasteiger partial charge in [-0.15, -0.1) is 0 Å². The van der Waals surface area contributed by atoms with Crippen LogP contribution in [0.15, 0.2) is 46.9 Å². The summed E-state index contributed by atoms with van der Waals surface area (Å²) < 4.78 is 15.0. The van der Waals surface area contributed by atoms with Crippen LogP contribution in [0.2, 0.25) is 0 Å². The number of H-pyrrole nitrogens is 1. The SMILES string of the molecule is Cc1cccc(-c2[nH]nc(N)c2-c2ccccc2F)c1Br. The summed E-state index contributed by atoms with van der Waals surface area (Å²) in [4.78, 5) is 0. The van der Waals surface area contributed by atoms with Crippen LogP contribution in [0.1, 0.15) is 5.56 Å². The molecule has 0 radical (unpaired) electrons. The zero-order valence-electron chi connectivity index (χ0n) is 11.3. The van der Waals surface area contributed by atoms with E-state index in [1.54, 1.807) is 18.2 Å². The van der Waals surface area contributed by atoms with Crippen molar-refractivity contribution >= 4 is 21.7 Å². The van der Waals surface area contributed by atoms with Crippen LogP contribution in [-0.2, 0) is 0 Å². The molecule has 1 aromatic heterocycles. The van der Waals surface area contributed by atoms with Gasteiger partial charge in [0.2, 0.25) is 0 Å². The second-order valence-corrected chi connectivity index (χ2v) is 5.57. The Morgan fingerprint density at radius 3 is 2.57 bits per heavy atom. The Bertz CT molecular complexity index is 811. The molecule has 0 atom stereocenters.